The minimum atomic E-state index is -0.119. The number of nitrogens with one attached hydrogen (secondary N) is 1. The van der Waals surface area contributed by atoms with Crippen LogP contribution in [0.25, 0.3) is 0 Å². The van der Waals surface area contributed by atoms with Gasteiger partial charge in [-0.15, -0.1) is 11.3 Å². The molecule has 0 spiro atoms. The molecule has 1 amide bonds. The molecule has 2 aliphatic heterocycles. The van der Waals surface area contributed by atoms with Crippen LogP contribution < -0.4 is 5.32 Å². The maximum absolute atomic E-state index is 12.1. The van der Waals surface area contributed by atoms with Gasteiger partial charge in [0, 0.05) is 24.4 Å². The van der Waals surface area contributed by atoms with Crippen LogP contribution in [0.15, 0.2) is 33.7 Å². The van der Waals surface area contributed by atoms with Gasteiger partial charge in [-0.25, -0.2) is 4.98 Å². The van der Waals surface area contributed by atoms with Crippen molar-refractivity contribution < 1.29 is 13.9 Å². The molecule has 2 aromatic rings. The average Bonchev–Trinajstić information content (AvgIpc) is 3.34. The number of likely N-dealkylation sites (tertiary alicyclic amines) is 1. The number of nitrogens with zero attached hydrogens (tertiary/aromatic N) is 2. The van der Waals surface area contributed by atoms with Crippen LogP contribution in [0.1, 0.15) is 22.7 Å². The van der Waals surface area contributed by atoms with Gasteiger partial charge in [-0.05, 0) is 31.0 Å². The predicted molar refractivity (Wildman–Crippen MR) is 89.8 cm³/mol. The van der Waals surface area contributed by atoms with E-state index in [1.165, 1.54) is 11.3 Å². The number of piperidine rings is 1. The Kier molecular flexibility index (Phi) is 4.64. The molecule has 6 nitrogen and oxygen atoms in total. The smallest absolute Gasteiger partial charge is 0.270 e. The zero-order valence-corrected chi connectivity index (χ0v) is 14.2. The monoisotopic (exact) mass is 347 g/mol. The molecule has 0 bridgehead atoms. The average molecular weight is 347 g/mol. The number of aromatic nitrogens is 1. The largest absolute Gasteiger partial charge is 0.468 e. The highest BCUT2D eigenvalue weighted by molar-refractivity contribution is 7.07. The molecular weight excluding hydrogens is 326 g/mol. The van der Waals surface area contributed by atoms with E-state index < -0.39 is 0 Å². The van der Waals surface area contributed by atoms with Crippen molar-refractivity contribution >= 4 is 17.2 Å². The zero-order chi connectivity index (χ0) is 16.4. The van der Waals surface area contributed by atoms with Crippen molar-refractivity contribution in [2.45, 2.75) is 19.1 Å². The zero-order valence-electron chi connectivity index (χ0n) is 13.4. The maximum atomic E-state index is 12.1. The van der Waals surface area contributed by atoms with Gasteiger partial charge in [0.2, 0.25) is 0 Å². The number of amides is 1. The summed E-state index contributed by atoms with van der Waals surface area (Å²) in [6, 6.07) is 3.94. The summed E-state index contributed by atoms with van der Waals surface area (Å²) in [4.78, 5) is 18.5. The molecule has 24 heavy (non-hydrogen) atoms. The second-order valence-corrected chi connectivity index (χ2v) is 7.20. The molecule has 2 aromatic heterocycles. The number of carbonyl (C=O) groups excluding carboxylic acids is 1. The van der Waals surface area contributed by atoms with Gasteiger partial charge in [-0.3, -0.25) is 9.69 Å². The van der Waals surface area contributed by atoms with Gasteiger partial charge in [-0.2, -0.15) is 0 Å². The summed E-state index contributed by atoms with van der Waals surface area (Å²) < 4.78 is 11.4. The lowest BCUT2D eigenvalue weighted by molar-refractivity contribution is 0.0664. The lowest BCUT2D eigenvalue weighted by atomic mass is 9.84. The molecule has 128 valence electrons. The first-order valence-electron chi connectivity index (χ1n) is 8.32. The summed E-state index contributed by atoms with van der Waals surface area (Å²) in [7, 11) is 0. The Bertz CT molecular complexity index is 659. The molecule has 0 radical (unpaired) electrons. The van der Waals surface area contributed by atoms with Crippen molar-refractivity contribution in [2.75, 3.05) is 26.2 Å². The first-order chi connectivity index (χ1) is 11.8. The van der Waals surface area contributed by atoms with E-state index in [0.717, 1.165) is 38.4 Å². The highest BCUT2D eigenvalue weighted by Gasteiger charge is 2.41. The predicted octanol–water partition coefficient (Wildman–Crippen LogP) is 2.00. The molecule has 2 aliphatic rings. The van der Waals surface area contributed by atoms with Crippen LogP contribution in [0.2, 0.25) is 0 Å². The van der Waals surface area contributed by atoms with Crippen LogP contribution in [-0.4, -0.2) is 48.1 Å². The number of hydrogen-bond donors (Lipinski definition) is 1. The number of ether oxygens (including phenoxy) is 1. The number of furan rings is 1. The fourth-order valence-corrected chi connectivity index (χ4v) is 4.22. The summed E-state index contributed by atoms with van der Waals surface area (Å²) in [5, 5.41) is 4.73. The quantitative estimate of drug-likeness (QED) is 0.896. The number of hydrogen-bond acceptors (Lipinski definition) is 6. The third-order valence-corrected chi connectivity index (χ3v) is 5.57. The Morgan fingerprint density at radius 3 is 3.25 bits per heavy atom. The van der Waals surface area contributed by atoms with Crippen LogP contribution in [-0.2, 0) is 11.3 Å². The Hall–Kier alpha value is -1.70. The molecule has 0 aromatic carbocycles. The first kappa shape index (κ1) is 15.8. The highest BCUT2D eigenvalue weighted by Crippen LogP contribution is 2.34. The molecule has 1 N–H and O–H groups in total. The minimum Gasteiger partial charge on any atom is -0.468 e. The van der Waals surface area contributed by atoms with Crippen molar-refractivity contribution in [1.82, 2.24) is 15.2 Å². The molecule has 0 saturated carbocycles. The second kappa shape index (κ2) is 7.04. The summed E-state index contributed by atoms with van der Waals surface area (Å²) in [6.07, 6.45) is 2.94. The second-order valence-electron chi connectivity index (χ2n) is 6.48. The van der Waals surface area contributed by atoms with Gasteiger partial charge < -0.3 is 14.5 Å². The summed E-state index contributed by atoms with van der Waals surface area (Å²) in [6.45, 7) is 4.25. The molecular formula is C17H21N3O3S. The fraction of sp³-hybridized carbons (Fsp3) is 0.529. The van der Waals surface area contributed by atoms with Gasteiger partial charge >= 0.3 is 0 Å². The molecule has 4 heterocycles. The summed E-state index contributed by atoms with van der Waals surface area (Å²) >= 11 is 1.43. The van der Waals surface area contributed by atoms with Crippen molar-refractivity contribution in [3.63, 3.8) is 0 Å². The van der Waals surface area contributed by atoms with Gasteiger partial charge in [0.25, 0.3) is 5.91 Å². The number of fused-ring (bicyclic) bond motifs is 1. The molecule has 3 atom stereocenters. The highest BCUT2D eigenvalue weighted by atomic mass is 32.1. The first-order valence-corrected chi connectivity index (χ1v) is 9.26. The van der Waals surface area contributed by atoms with E-state index in [9.17, 15) is 4.79 Å². The molecule has 0 unspecified atom stereocenters. The molecule has 4 rings (SSSR count). The van der Waals surface area contributed by atoms with Gasteiger partial charge in [-0.1, -0.05) is 0 Å². The topological polar surface area (TPSA) is 67.6 Å². The summed E-state index contributed by atoms with van der Waals surface area (Å²) in [5.41, 5.74) is 2.16. The number of thiazole rings is 1. The van der Waals surface area contributed by atoms with Gasteiger partial charge in [0.15, 0.2) is 0 Å². The standard InChI is InChI=1S/C17H21N3O3S/c21-17(15-10-24-11-19-15)18-6-16-14-8-20(4-3-12(14)9-23-16)7-13-2-1-5-22-13/h1-2,5,10-12,14,16H,3-4,6-9H2,(H,18,21)/t12-,14-,16+/m1/s1. The van der Waals surface area contributed by atoms with Crippen molar-refractivity contribution in [1.29, 1.82) is 0 Å². The van der Waals surface area contributed by atoms with E-state index in [0.29, 0.717) is 24.1 Å². The Morgan fingerprint density at radius 2 is 2.46 bits per heavy atom. The summed E-state index contributed by atoms with van der Waals surface area (Å²) in [5.74, 6) is 1.94. The minimum absolute atomic E-state index is 0.0805. The van der Waals surface area contributed by atoms with E-state index >= 15 is 0 Å². The van der Waals surface area contributed by atoms with Crippen molar-refractivity contribution in [3.8, 4) is 0 Å². The van der Waals surface area contributed by atoms with E-state index in [4.69, 9.17) is 9.15 Å². The molecule has 7 heteroatoms. The van der Waals surface area contributed by atoms with E-state index in [1.807, 2.05) is 12.1 Å². The third kappa shape index (κ3) is 3.38. The lowest BCUT2D eigenvalue weighted by Gasteiger charge is -2.35. The number of rotatable bonds is 5. The Balaban J connectivity index is 1.32. The molecule has 2 fully saturated rings. The van der Waals surface area contributed by atoms with Crippen LogP contribution in [0, 0.1) is 11.8 Å². The van der Waals surface area contributed by atoms with Crippen LogP contribution in [0.5, 0.6) is 0 Å². The van der Waals surface area contributed by atoms with E-state index in [-0.39, 0.29) is 12.0 Å². The van der Waals surface area contributed by atoms with E-state index in [2.05, 4.69) is 15.2 Å². The van der Waals surface area contributed by atoms with Crippen LogP contribution >= 0.6 is 11.3 Å². The SMILES string of the molecule is O=C(NC[C@@H]1OC[C@H]2CCN(Cc3ccco3)C[C@H]21)c1cscn1. The van der Waals surface area contributed by atoms with Crippen molar-refractivity contribution in [2.24, 2.45) is 11.8 Å². The molecule has 2 saturated heterocycles. The fourth-order valence-electron chi connectivity index (χ4n) is 3.69. The molecule has 0 aliphatic carbocycles. The van der Waals surface area contributed by atoms with Gasteiger partial charge in [0.1, 0.15) is 11.5 Å². The Labute approximate surface area is 144 Å². The van der Waals surface area contributed by atoms with Crippen LogP contribution in [0.4, 0.5) is 0 Å². The van der Waals surface area contributed by atoms with E-state index in [1.54, 1.807) is 17.2 Å². The Morgan fingerprint density at radius 1 is 1.50 bits per heavy atom. The normalized spacial score (nSPS) is 27.1. The lowest BCUT2D eigenvalue weighted by Crippen LogP contribution is -2.45. The maximum Gasteiger partial charge on any atom is 0.270 e. The third-order valence-electron chi connectivity index (χ3n) is 4.98. The van der Waals surface area contributed by atoms with Crippen molar-refractivity contribution in [3.05, 3.63) is 40.7 Å². The number of carbonyl (C=O) groups is 1. The van der Waals surface area contributed by atoms with Gasteiger partial charge in [0.05, 0.1) is 31.0 Å². The van der Waals surface area contributed by atoms with Crippen LogP contribution in [0.3, 0.4) is 0 Å².